The Morgan fingerprint density at radius 3 is 2.62 bits per heavy atom. The summed E-state index contributed by atoms with van der Waals surface area (Å²) in [6, 6.07) is 11.3. The molecule has 0 saturated heterocycles. The van der Waals surface area contributed by atoms with Gasteiger partial charge in [-0.05, 0) is 55.7 Å². The predicted molar refractivity (Wildman–Crippen MR) is 87.4 cm³/mol. The zero-order valence-electron chi connectivity index (χ0n) is 12.6. The molecule has 0 saturated carbocycles. The van der Waals surface area contributed by atoms with Crippen molar-refractivity contribution >= 4 is 17.4 Å². The van der Waals surface area contributed by atoms with Crippen molar-refractivity contribution in [3.8, 4) is 16.9 Å². The Hall–Kier alpha value is -1.80. The fourth-order valence-electron chi connectivity index (χ4n) is 2.10. The molecule has 2 rings (SSSR count). The monoisotopic (exact) mass is 302 g/mol. The lowest BCUT2D eigenvalue weighted by Crippen LogP contribution is -1.98. The van der Waals surface area contributed by atoms with Crippen molar-refractivity contribution in [2.45, 2.75) is 27.2 Å². The maximum Gasteiger partial charge on any atom is 0.159 e. The molecule has 0 aliphatic rings. The van der Waals surface area contributed by atoms with Gasteiger partial charge in [0.2, 0.25) is 0 Å². The molecule has 0 atom stereocenters. The van der Waals surface area contributed by atoms with Crippen LogP contribution in [0.25, 0.3) is 11.1 Å². The summed E-state index contributed by atoms with van der Waals surface area (Å²) in [6.45, 7) is 6.33. The summed E-state index contributed by atoms with van der Waals surface area (Å²) in [4.78, 5) is 11.5. The Labute approximate surface area is 130 Å². The summed E-state index contributed by atoms with van der Waals surface area (Å²) in [5.41, 5.74) is 3.56. The Bertz CT molecular complexity index is 662. The van der Waals surface area contributed by atoms with Gasteiger partial charge in [-0.3, -0.25) is 4.79 Å². The summed E-state index contributed by atoms with van der Waals surface area (Å²) in [5, 5.41) is 0.630. The van der Waals surface area contributed by atoms with Crippen molar-refractivity contribution in [1.82, 2.24) is 0 Å². The average Bonchev–Trinajstić information content (AvgIpc) is 2.47. The standard InChI is InChI=1S/C18H19ClO2/c1-4-9-21-18-11-15(6-5-12(18)2)16-10-14(13(3)20)7-8-17(16)19/h5-8,10-11H,4,9H2,1-3H3. The molecule has 2 aromatic carbocycles. The van der Waals surface area contributed by atoms with E-state index < -0.39 is 0 Å². The third-order valence-corrected chi connectivity index (χ3v) is 3.66. The minimum Gasteiger partial charge on any atom is -0.493 e. The first-order valence-corrected chi connectivity index (χ1v) is 7.45. The highest BCUT2D eigenvalue weighted by Gasteiger charge is 2.09. The van der Waals surface area contributed by atoms with Gasteiger partial charge in [-0.15, -0.1) is 0 Å². The zero-order valence-corrected chi connectivity index (χ0v) is 13.3. The molecule has 0 heterocycles. The third kappa shape index (κ3) is 3.64. The summed E-state index contributed by atoms with van der Waals surface area (Å²) >= 11 is 6.28. The van der Waals surface area contributed by atoms with Crippen molar-refractivity contribution in [1.29, 1.82) is 0 Å². The van der Waals surface area contributed by atoms with Gasteiger partial charge in [0, 0.05) is 16.1 Å². The highest BCUT2D eigenvalue weighted by atomic mass is 35.5. The largest absolute Gasteiger partial charge is 0.493 e. The molecular weight excluding hydrogens is 284 g/mol. The van der Waals surface area contributed by atoms with Crippen LogP contribution in [0.15, 0.2) is 36.4 Å². The number of carbonyl (C=O) groups is 1. The minimum atomic E-state index is 0.0301. The van der Waals surface area contributed by atoms with Crippen LogP contribution in [-0.4, -0.2) is 12.4 Å². The molecule has 2 aromatic rings. The number of hydrogen-bond acceptors (Lipinski definition) is 2. The number of ether oxygens (including phenoxy) is 1. The second-order valence-electron chi connectivity index (χ2n) is 5.08. The fourth-order valence-corrected chi connectivity index (χ4v) is 2.33. The van der Waals surface area contributed by atoms with Crippen LogP contribution in [0.5, 0.6) is 5.75 Å². The average molecular weight is 303 g/mol. The van der Waals surface area contributed by atoms with Gasteiger partial charge >= 0.3 is 0 Å². The van der Waals surface area contributed by atoms with Crippen LogP contribution in [0, 0.1) is 6.92 Å². The molecule has 0 fully saturated rings. The van der Waals surface area contributed by atoms with Gasteiger partial charge in [0.05, 0.1) is 6.61 Å². The smallest absolute Gasteiger partial charge is 0.159 e. The molecule has 0 amide bonds. The quantitative estimate of drug-likeness (QED) is 0.700. The highest BCUT2D eigenvalue weighted by Crippen LogP contribution is 2.32. The zero-order chi connectivity index (χ0) is 15.4. The number of ketones is 1. The lowest BCUT2D eigenvalue weighted by Gasteiger charge is -2.12. The Kier molecular flexibility index (Phi) is 5.03. The number of halogens is 1. The summed E-state index contributed by atoms with van der Waals surface area (Å²) in [5.74, 6) is 0.890. The maximum atomic E-state index is 11.5. The molecule has 0 aliphatic heterocycles. The molecule has 0 spiro atoms. The van der Waals surface area contributed by atoms with Crippen LogP contribution in [0.4, 0.5) is 0 Å². The van der Waals surface area contributed by atoms with Gasteiger partial charge in [-0.1, -0.05) is 30.7 Å². The molecule has 0 unspecified atom stereocenters. The van der Waals surface area contributed by atoms with Gasteiger partial charge in [-0.25, -0.2) is 0 Å². The van der Waals surface area contributed by atoms with Crippen molar-refractivity contribution in [3.63, 3.8) is 0 Å². The Morgan fingerprint density at radius 2 is 1.95 bits per heavy atom. The fraction of sp³-hybridized carbons (Fsp3) is 0.278. The van der Waals surface area contributed by atoms with Crippen molar-refractivity contribution < 1.29 is 9.53 Å². The van der Waals surface area contributed by atoms with E-state index in [2.05, 4.69) is 6.92 Å². The SMILES string of the molecule is CCCOc1cc(-c2cc(C(C)=O)ccc2Cl)ccc1C. The van der Waals surface area contributed by atoms with Crippen LogP contribution < -0.4 is 4.74 Å². The first-order valence-electron chi connectivity index (χ1n) is 7.07. The Balaban J connectivity index is 2.46. The topological polar surface area (TPSA) is 26.3 Å². The third-order valence-electron chi connectivity index (χ3n) is 3.33. The molecule has 0 radical (unpaired) electrons. The molecular formula is C18H19ClO2. The van der Waals surface area contributed by atoms with E-state index in [1.165, 1.54) is 0 Å². The number of rotatable bonds is 5. The Morgan fingerprint density at radius 1 is 1.19 bits per heavy atom. The maximum absolute atomic E-state index is 11.5. The molecule has 0 aliphatic carbocycles. The van der Waals surface area contributed by atoms with Crippen LogP contribution in [0.3, 0.4) is 0 Å². The second kappa shape index (κ2) is 6.77. The van der Waals surface area contributed by atoms with E-state index in [0.29, 0.717) is 17.2 Å². The van der Waals surface area contributed by atoms with E-state index in [4.69, 9.17) is 16.3 Å². The minimum absolute atomic E-state index is 0.0301. The number of Topliss-reactive ketones (excluding diaryl/α,β-unsaturated/α-hetero) is 1. The normalized spacial score (nSPS) is 10.5. The summed E-state index contributed by atoms with van der Waals surface area (Å²) in [7, 11) is 0. The number of benzene rings is 2. The van der Waals surface area contributed by atoms with Crippen molar-refractivity contribution in [2.75, 3.05) is 6.61 Å². The molecule has 0 N–H and O–H groups in total. The highest BCUT2D eigenvalue weighted by molar-refractivity contribution is 6.33. The second-order valence-corrected chi connectivity index (χ2v) is 5.49. The molecule has 21 heavy (non-hydrogen) atoms. The number of hydrogen-bond donors (Lipinski definition) is 0. The first kappa shape index (κ1) is 15.6. The number of carbonyl (C=O) groups excluding carboxylic acids is 1. The van der Waals surface area contributed by atoms with Gasteiger partial charge in [-0.2, -0.15) is 0 Å². The van der Waals surface area contributed by atoms with Crippen molar-refractivity contribution in [2.24, 2.45) is 0 Å². The van der Waals surface area contributed by atoms with Crippen LogP contribution in [-0.2, 0) is 0 Å². The van der Waals surface area contributed by atoms with Gasteiger partial charge in [0.25, 0.3) is 0 Å². The first-order chi connectivity index (χ1) is 10.0. The van der Waals surface area contributed by atoms with E-state index in [0.717, 1.165) is 28.9 Å². The van der Waals surface area contributed by atoms with E-state index in [9.17, 15) is 4.79 Å². The lowest BCUT2D eigenvalue weighted by atomic mass is 10.00. The van der Waals surface area contributed by atoms with Crippen LogP contribution in [0.2, 0.25) is 5.02 Å². The van der Waals surface area contributed by atoms with E-state index in [-0.39, 0.29) is 5.78 Å². The van der Waals surface area contributed by atoms with Gasteiger partial charge < -0.3 is 4.74 Å². The molecule has 0 bridgehead atoms. The number of aryl methyl sites for hydroxylation is 1. The molecule has 110 valence electrons. The van der Waals surface area contributed by atoms with Crippen LogP contribution >= 0.6 is 11.6 Å². The predicted octanol–water partition coefficient (Wildman–Crippen LogP) is 5.31. The van der Waals surface area contributed by atoms with Gasteiger partial charge in [0.1, 0.15) is 5.75 Å². The summed E-state index contributed by atoms with van der Waals surface area (Å²) in [6.07, 6.45) is 0.963. The van der Waals surface area contributed by atoms with Crippen LogP contribution in [0.1, 0.15) is 36.2 Å². The van der Waals surface area contributed by atoms with E-state index in [1.54, 1.807) is 19.1 Å². The molecule has 2 nitrogen and oxygen atoms in total. The van der Waals surface area contributed by atoms with Crippen molar-refractivity contribution in [3.05, 3.63) is 52.5 Å². The van der Waals surface area contributed by atoms with E-state index >= 15 is 0 Å². The lowest BCUT2D eigenvalue weighted by molar-refractivity contribution is 0.101. The van der Waals surface area contributed by atoms with E-state index in [1.807, 2.05) is 31.2 Å². The molecule has 3 heteroatoms. The molecule has 0 aromatic heterocycles. The van der Waals surface area contributed by atoms with Gasteiger partial charge in [0.15, 0.2) is 5.78 Å². The summed E-state index contributed by atoms with van der Waals surface area (Å²) < 4.78 is 5.76.